The van der Waals surface area contributed by atoms with E-state index >= 15 is 0 Å². The third-order valence-corrected chi connectivity index (χ3v) is 6.59. The van der Waals surface area contributed by atoms with Crippen LogP contribution in [0.3, 0.4) is 0 Å². The van der Waals surface area contributed by atoms with Gasteiger partial charge in [0.15, 0.2) is 5.82 Å². The summed E-state index contributed by atoms with van der Waals surface area (Å²) in [5.74, 6) is 0.416. The number of anilines is 1. The van der Waals surface area contributed by atoms with Crippen LogP contribution in [0.5, 0.6) is 0 Å². The van der Waals surface area contributed by atoms with Gasteiger partial charge in [0, 0.05) is 18.7 Å². The normalized spacial score (nSPS) is 16.9. The van der Waals surface area contributed by atoms with Gasteiger partial charge < -0.3 is 10.0 Å². The molecule has 1 aliphatic heterocycles. The molecule has 0 spiro atoms. The second-order valence-corrected chi connectivity index (χ2v) is 8.09. The second kappa shape index (κ2) is 8.28. The molecule has 1 aromatic heterocycles. The molecule has 0 amide bonds. The van der Waals surface area contributed by atoms with Gasteiger partial charge >= 0.3 is 6.18 Å². The lowest BCUT2D eigenvalue weighted by atomic mass is 9.75. The van der Waals surface area contributed by atoms with E-state index < -0.39 is 11.6 Å². The van der Waals surface area contributed by atoms with Crippen molar-refractivity contribution in [2.45, 2.75) is 45.9 Å². The number of aryl methyl sites for hydroxylation is 1. The number of aliphatic hydroxyl groups is 1. The van der Waals surface area contributed by atoms with Crippen LogP contribution in [0.1, 0.15) is 37.6 Å². The summed E-state index contributed by atoms with van der Waals surface area (Å²) in [4.78, 5) is 10.9. The van der Waals surface area contributed by atoms with Crippen LogP contribution in [0, 0.1) is 12.3 Å². The average molecular weight is 448 g/mol. The number of alkyl halides is 3. The zero-order valence-corrected chi connectivity index (χ0v) is 17.7. The lowest BCUT2D eigenvalue weighted by Gasteiger charge is -2.43. The summed E-state index contributed by atoms with van der Waals surface area (Å²) >= 11 is 12.4. The summed E-state index contributed by atoms with van der Waals surface area (Å²) in [5, 5.41) is 10.6. The molecule has 29 heavy (non-hydrogen) atoms. The highest BCUT2D eigenvalue weighted by atomic mass is 35.5. The number of benzene rings is 1. The van der Waals surface area contributed by atoms with Crippen molar-refractivity contribution >= 4 is 29.0 Å². The summed E-state index contributed by atoms with van der Waals surface area (Å²) in [6.45, 7) is 3.34. The van der Waals surface area contributed by atoms with Crippen molar-refractivity contribution in [1.29, 1.82) is 0 Å². The number of aromatic nitrogens is 2. The summed E-state index contributed by atoms with van der Waals surface area (Å²) in [6.07, 6.45) is -4.21. The Balaban J connectivity index is 1.94. The summed E-state index contributed by atoms with van der Waals surface area (Å²) in [5.41, 5.74) is 0.272. The molecule has 0 saturated carbocycles. The van der Waals surface area contributed by atoms with E-state index in [0.29, 0.717) is 38.5 Å². The van der Waals surface area contributed by atoms with Crippen molar-refractivity contribution in [3.63, 3.8) is 0 Å². The van der Waals surface area contributed by atoms with Crippen molar-refractivity contribution < 1.29 is 18.3 Å². The third kappa shape index (κ3) is 4.05. The van der Waals surface area contributed by atoms with Crippen molar-refractivity contribution in [1.82, 2.24) is 9.97 Å². The fourth-order valence-electron chi connectivity index (χ4n) is 3.83. The fourth-order valence-corrected chi connectivity index (χ4v) is 4.22. The van der Waals surface area contributed by atoms with Gasteiger partial charge in [0.05, 0.1) is 33.5 Å². The van der Waals surface area contributed by atoms with Crippen LogP contribution in [0.2, 0.25) is 10.0 Å². The van der Waals surface area contributed by atoms with Gasteiger partial charge in [-0.3, -0.25) is 0 Å². The Hall–Kier alpha value is -1.57. The number of halogens is 5. The van der Waals surface area contributed by atoms with Crippen molar-refractivity contribution in [2.75, 3.05) is 18.0 Å². The molecule has 0 atom stereocenters. The molecule has 0 aliphatic carbocycles. The molecular formula is C20H22Cl2F3N3O. The number of hydrogen-bond acceptors (Lipinski definition) is 4. The molecule has 0 radical (unpaired) electrons. The van der Waals surface area contributed by atoms with Crippen LogP contribution in [-0.4, -0.2) is 34.3 Å². The minimum absolute atomic E-state index is 0.0134. The molecule has 1 saturated heterocycles. The number of hydrogen-bond donors (Lipinski definition) is 1. The quantitative estimate of drug-likeness (QED) is 0.642. The molecule has 3 rings (SSSR count). The van der Waals surface area contributed by atoms with Crippen molar-refractivity contribution in [3.8, 4) is 11.3 Å². The summed E-state index contributed by atoms with van der Waals surface area (Å²) in [6, 6.07) is 5.15. The first-order valence-electron chi connectivity index (χ1n) is 9.38. The Morgan fingerprint density at radius 3 is 2.38 bits per heavy atom. The van der Waals surface area contributed by atoms with Gasteiger partial charge in [0.1, 0.15) is 5.69 Å². The summed E-state index contributed by atoms with van der Waals surface area (Å²) < 4.78 is 40.6. The number of piperidine rings is 1. The van der Waals surface area contributed by atoms with Crippen LogP contribution < -0.4 is 4.90 Å². The molecule has 9 heteroatoms. The van der Waals surface area contributed by atoms with E-state index in [1.807, 2.05) is 0 Å². The largest absolute Gasteiger partial charge is 0.394 e. The van der Waals surface area contributed by atoms with E-state index in [1.54, 1.807) is 36.9 Å². The molecule has 158 valence electrons. The van der Waals surface area contributed by atoms with Crippen LogP contribution in [0.25, 0.3) is 11.3 Å². The van der Waals surface area contributed by atoms with Gasteiger partial charge in [-0.2, -0.15) is 13.2 Å². The van der Waals surface area contributed by atoms with E-state index in [4.69, 9.17) is 23.2 Å². The molecule has 0 unspecified atom stereocenters. The Labute approximate surface area is 177 Å². The highest BCUT2D eigenvalue weighted by Gasteiger charge is 2.54. The lowest BCUT2D eigenvalue weighted by molar-refractivity contribution is -0.232. The van der Waals surface area contributed by atoms with Gasteiger partial charge in [-0.1, -0.05) is 42.3 Å². The third-order valence-electron chi connectivity index (χ3n) is 5.78. The topological polar surface area (TPSA) is 49.2 Å². The maximum absolute atomic E-state index is 13.5. The van der Waals surface area contributed by atoms with Crippen LogP contribution in [0.15, 0.2) is 18.2 Å². The minimum Gasteiger partial charge on any atom is -0.390 e. The van der Waals surface area contributed by atoms with E-state index in [-0.39, 0.29) is 39.0 Å². The van der Waals surface area contributed by atoms with Crippen LogP contribution in [0.4, 0.5) is 19.0 Å². The first-order valence-corrected chi connectivity index (χ1v) is 10.1. The van der Waals surface area contributed by atoms with Gasteiger partial charge in [-0.15, -0.1) is 0 Å². The molecule has 1 fully saturated rings. The first kappa shape index (κ1) is 22.1. The highest BCUT2D eigenvalue weighted by Crippen LogP contribution is 2.49. The van der Waals surface area contributed by atoms with Crippen LogP contribution >= 0.6 is 23.2 Å². The average Bonchev–Trinajstić information content (AvgIpc) is 2.69. The second-order valence-electron chi connectivity index (χ2n) is 7.31. The Bertz CT molecular complexity index is 897. The smallest absolute Gasteiger partial charge is 0.390 e. The van der Waals surface area contributed by atoms with E-state index in [1.165, 1.54) is 0 Å². The molecule has 2 aromatic rings. The first-order chi connectivity index (χ1) is 13.6. The molecular weight excluding hydrogens is 426 g/mol. The molecule has 1 aromatic carbocycles. The Morgan fingerprint density at radius 1 is 1.17 bits per heavy atom. The molecule has 0 bridgehead atoms. The monoisotopic (exact) mass is 447 g/mol. The maximum Gasteiger partial charge on any atom is 0.394 e. The van der Waals surface area contributed by atoms with Crippen molar-refractivity contribution in [2.24, 2.45) is 5.41 Å². The zero-order chi connectivity index (χ0) is 21.4. The molecule has 2 heterocycles. The number of nitrogens with zero attached hydrogens (tertiary/aromatic N) is 3. The predicted molar refractivity (Wildman–Crippen MR) is 108 cm³/mol. The van der Waals surface area contributed by atoms with Crippen LogP contribution in [-0.2, 0) is 6.61 Å². The minimum atomic E-state index is -4.23. The van der Waals surface area contributed by atoms with Gasteiger partial charge in [-0.05, 0) is 32.3 Å². The molecule has 4 nitrogen and oxygen atoms in total. The Kier molecular flexibility index (Phi) is 6.32. The van der Waals surface area contributed by atoms with E-state index in [0.717, 1.165) is 0 Å². The standard InChI is InChI=1S/C20H22Cl2F3N3O/c1-3-19(20(23,24)25)7-9-28(10-8-19)18-15(11-29)27-17(12(2)26-18)13-5-4-6-14(21)16(13)22/h4-6,29H,3,7-11H2,1-2H3. The summed E-state index contributed by atoms with van der Waals surface area (Å²) in [7, 11) is 0. The number of aliphatic hydroxyl groups excluding tert-OH is 1. The van der Waals surface area contributed by atoms with Gasteiger partial charge in [-0.25, -0.2) is 9.97 Å². The number of rotatable bonds is 4. The lowest BCUT2D eigenvalue weighted by Crippen LogP contribution is -2.48. The van der Waals surface area contributed by atoms with Gasteiger partial charge in [0.2, 0.25) is 0 Å². The molecule has 1 N–H and O–H groups in total. The Morgan fingerprint density at radius 2 is 1.83 bits per heavy atom. The molecule has 1 aliphatic rings. The SMILES string of the molecule is CCC1(C(F)(F)F)CCN(c2nc(C)c(-c3cccc(Cl)c3Cl)nc2CO)CC1. The van der Waals surface area contributed by atoms with E-state index in [9.17, 15) is 18.3 Å². The van der Waals surface area contributed by atoms with Gasteiger partial charge in [0.25, 0.3) is 0 Å². The maximum atomic E-state index is 13.5. The predicted octanol–water partition coefficient (Wildman–Crippen LogP) is 5.81. The van der Waals surface area contributed by atoms with Crippen molar-refractivity contribution in [3.05, 3.63) is 39.6 Å². The fraction of sp³-hybridized carbons (Fsp3) is 0.500. The zero-order valence-electron chi connectivity index (χ0n) is 16.2. The van der Waals surface area contributed by atoms with E-state index in [2.05, 4.69) is 9.97 Å². The highest BCUT2D eigenvalue weighted by molar-refractivity contribution is 6.43.